The molecule has 0 aromatic rings. The molecule has 0 spiro atoms. The molecule has 13 heavy (non-hydrogen) atoms. The lowest BCUT2D eigenvalue weighted by Crippen LogP contribution is -2.55. The van der Waals surface area contributed by atoms with Crippen LogP contribution >= 0.6 is 0 Å². The van der Waals surface area contributed by atoms with Gasteiger partial charge in [0.05, 0.1) is 12.2 Å². The maximum atomic E-state index is 5.96. The molecule has 4 atom stereocenters. The van der Waals surface area contributed by atoms with Crippen molar-refractivity contribution < 1.29 is 4.74 Å². The number of piperidine rings is 1. The van der Waals surface area contributed by atoms with E-state index in [-0.39, 0.29) is 0 Å². The van der Waals surface area contributed by atoms with E-state index in [0.717, 1.165) is 0 Å². The Hall–Kier alpha value is -0.120. The third-order valence-corrected chi connectivity index (χ3v) is 3.42. The van der Waals surface area contributed by atoms with Gasteiger partial charge in [0.15, 0.2) is 0 Å². The largest absolute Gasteiger partial charge is 0.374 e. The lowest BCUT2D eigenvalue weighted by molar-refractivity contribution is -0.0499. The first-order valence-corrected chi connectivity index (χ1v) is 5.33. The summed E-state index contributed by atoms with van der Waals surface area (Å²) in [6.45, 7) is 4.45. The van der Waals surface area contributed by atoms with Crippen LogP contribution in [0.3, 0.4) is 0 Å². The fraction of sp³-hybridized carbons (Fsp3) is 1.00. The first-order chi connectivity index (χ1) is 6.22. The number of rotatable bonds is 1. The summed E-state index contributed by atoms with van der Waals surface area (Å²) in [7, 11) is 2.02. The van der Waals surface area contributed by atoms with E-state index in [9.17, 15) is 0 Å². The summed E-state index contributed by atoms with van der Waals surface area (Å²) in [5.41, 5.74) is 3.30. The second-order valence-electron chi connectivity index (χ2n) is 4.32. The molecule has 0 amide bonds. The van der Waals surface area contributed by atoms with Crippen LogP contribution in [-0.2, 0) is 4.74 Å². The zero-order chi connectivity index (χ0) is 9.42. The molecule has 3 fully saturated rings. The molecular weight excluding hydrogens is 164 g/mol. The highest BCUT2D eigenvalue weighted by atomic mass is 16.5. The first kappa shape index (κ1) is 9.44. The Morgan fingerprint density at radius 2 is 2.08 bits per heavy atom. The minimum atomic E-state index is 0.429. The second kappa shape index (κ2) is 3.56. The van der Waals surface area contributed by atoms with Crippen molar-refractivity contribution in [2.75, 3.05) is 7.05 Å². The molecule has 3 rings (SSSR count). The first-order valence-electron chi connectivity index (χ1n) is 5.33. The minimum absolute atomic E-state index is 0.429. The summed E-state index contributed by atoms with van der Waals surface area (Å²) < 4.78 is 5.96. The van der Waals surface area contributed by atoms with Crippen LogP contribution in [0.4, 0.5) is 0 Å². The summed E-state index contributed by atoms with van der Waals surface area (Å²) in [6, 6.07) is 1.20. The van der Waals surface area contributed by atoms with E-state index in [1.165, 1.54) is 19.3 Å². The maximum absolute atomic E-state index is 5.96. The highest BCUT2D eigenvalue weighted by Gasteiger charge is 2.39. The van der Waals surface area contributed by atoms with Crippen molar-refractivity contribution in [3.8, 4) is 0 Å². The van der Waals surface area contributed by atoms with E-state index in [0.29, 0.717) is 24.3 Å². The molecule has 3 heterocycles. The van der Waals surface area contributed by atoms with Crippen LogP contribution in [0.25, 0.3) is 0 Å². The molecule has 1 N–H and O–H groups in total. The highest BCUT2D eigenvalue weighted by Crippen LogP contribution is 2.31. The molecule has 3 heteroatoms. The average molecular weight is 184 g/mol. The van der Waals surface area contributed by atoms with Gasteiger partial charge >= 0.3 is 0 Å². The van der Waals surface area contributed by atoms with E-state index in [4.69, 9.17) is 4.74 Å². The third kappa shape index (κ3) is 1.60. The van der Waals surface area contributed by atoms with Crippen LogP contribution in [0.2, 0.25) is 0 Å². The van der Waals surface area contributed by atoms with E-state index < -0.39 is 0 Å². The van der Waals surface area contributed by atoms with Crippen LogP contribution in [-0.4, -0.2) is 36.3 Å². The fourth-order valence-electron chi connectivity index (χ4n) is 2.79. The average Bonchev–Trinajstić information content (AvgIpc) is 2.33. The van der Waals surface area contributed by atoms with Crippen LogP contribution in [0, 0.1) is 0 Å². The van der Waals surface area contributed by atoms with E-state index >= 15 is 0 Å². The van der Waals surface area contributed by atoms with E-state index in [2.05, 4.69) is 24.3 Å². The van der Waals surface area contributed by atoms with Crippen molar-refractivity contribution in [2.24, 2.45) is 0 Å². The lowest BCUT2D eigenvalue weighted by Gasteiger charge is -2.40. The Balaban J connectivity index is 2.16. The third-order valence-electron chi connectivity index (χ3n) is 3.42. The minimum Gasteiger partial charge on any atom is -0.374 e. The SMILES string of the molecule is CNN1C2CCC(OC(C)C2)C1C. The number of nitrogens with zero attached hydrogens (tertiary/aromatic N) is 1. The topological polar surface area (TPSA) is 24.5 Å². The molecular formula is C10H20N2O. The smallest absolute Gasteiger partial charge is 0.0745 e. The molecule has 76 valence electrons. The summed E-state index contributed by atoms with van der Waals surface area (Å²) in [4.78, 5) is 0. The van der Waals surface area contributed by atoms with Gasteiger partial charge in [-0.1, -0.05) is 0 Å². The number of hydrogen-bond donors (Lipinski definition) is 1. The van der Waals surface area contributed by atoms with Crippen molar-refractivity contribution in [1.29, 1.82) is 0 Å². The Kier molecular flexibility index (Phi) is 2.58. The van der Waals surface area contributed by atoms with Gasteiger partial charge in [0.2, 0.25) is 0 Å². The lowest BCUT2D eigenvalue weighted by atomic mass is 9.95. The molecule has 0 aliphatic carbocycles. The van der Waals surface area contributed by atoms with Crippen LogP contribution in [0.1, 0.15) is 33.1 Å². The molecule has 3 aliphatic rings. The standard InChI is InChI=1S/C10H20N2O/c1-7-6-9-4-5-10(13-7)8(2)12(9)11-3/h7-11H,4-6H2,1-3H3. The Bertz CT molecular complexity index is 186. The predicted molar refractivity (Wildman–Crippen MR) is 52.3 cm³/mol. The monoisotopic (exact) mass is 184 g/mol. The Morgan fingerprint density at radius 1 is 1.31 bits per heavy atom. The van der Waals surface area contributed by atoms with Gasteiger partial charge < -0.3 is 4.74 Å². The van der Waals surface area contributed by atoms with Gasteiger partial charge in [-0.15, -0.1) is 0 Å². The fourth-order valence-corrected chi connectivity index (χ4v) is 2.79. The number of nitrogens with one attached hydrogen (secondary N) is 1. The number of hydrazine groups is 1. The van der Waals surface area contributed by atoms with Gasteiger partial charge in [-0.05, 0) is 40.2 Å². The number of fused-ring (bicyclic) bond motifs is 4. The molecule has 0 aromatic carbocycles. The van der Waals surface area contributed by atoms with Gasteiger partial charge in [0, 0.05) is 12.1 Å². The number of ether oxygens (including phenoxy) is 1. The van der Waals surface area contributed by atoms with Crippen molar-refractivity contribution in [1.82, 2.24) is 10.4 Å². The summed E-state index contributed by atoms with van der Waals surface area (Å²) in [5, 5.41) is 2.37. The normalized spacial score (nSPS) is 46.4. The Morgan fingerprint density at radius 3 is 2.77 bits per heavy atom. The molecule has 3 aliphatic heterocycles. The zero-order valence-electron chi connectivity index (χ0n) is 8.79. The summed E-state index contributed by atoms with van der Waals surface area (Å²) in [6.07, 6.45) is 4.54. The predicted octanol–water partition coefficient (Wildman–Crippen LogP) is 1.15. The molecule has 3 nitrogen and oxygen atoms in total. The van der Waals surface area contributed by atoms with Gasteiger partial charge in [-0.2, -0.15) is 0 Å². The molecule has 0 aromatic heterocycles. The van der Waals surface area contributed by atoms with Crippen molar-refractivity contribution in [3.05, 3.63) is 0 Å². The molecule has 0 saturated carbocycles. The van der Waals surface area contributed by atoms with Crippen LogP contribution in [0.5, 0.6) is 0 Å². The highest BCUT2D eigenvalue weighted by molar-refractivity contribution is 4.90. The van der Waals surface area contributed by atoms with Crippen molar-refractivity contribution in [2.45, 2.75) is 57.4 Å². The summed E-state index contributed by atoms with van der Waals surface area (Å²) >= 11 is 0. The van der Waals surface area contributed by atoms with Crippen LogP contribution < -0.4 is 5.43 Å². The van der Waals surface area contributed by atoms with Gasteiger partial charge in [0.1, 0.15) is 0 Å². The molecule has 4 unspecified atom stereocenters. The zero-order valence-corrected chi connectivity index (χ0v) is 8.79. The molecule has 0 radical (unpaired) electrons. The van der Waals surface area contributed by atoms with E-state index in [1.54, 1.807) is 0 Å². The van der Waals surface area contributed by atoms with Crippen molar-refractivity contribution in [3.63, 3.8) is 0 Å². The van der Waals surface area contributed by atoms with Crippen molar-refractivity contribution >= 4 is 0 Å². The molecule has 2 bridgehead atoms. The number of hydrogen-bond acceptors (Lipinski definition) is 3. The van der Waals surface area contributed by atoms with Crippen LogP contribution in [0.15, 0.2) is 0 Å². The van der Waals surface area contributed by atoms with Gasteiger partial charge in [-0.25, -0.2) is 5.01 Å². The second-order valence-corrected chi connectivity index (χ2v) is 4.32. The van der Waals surface area contributed by atoms with E-state index in [1.807, 2.05) is 7.05 Å². The quantitative estimate of drug-likeness (QED) is 0.661. The Labute approximate surface area is 80.4 Å². The molecule has 3 saturated heterocycles. The van der Waals surface area contributed by atoms with Gasteiger partial charge in [0.25, 0.3) is 0 Å². The van der Waals surface area contributed by atoms with Gasteiger partial charge in [-0.3, -0.25) is 5.43 Å². The maximum Gasteiger partial charge on any atom is 0.0745 e. The summed E-state index contributed by atoms with van der Waals surface area (Å²) in [5.74, 6) is 0.